The molecule has 0 aliphatic carbocycles. The lowest BCUT2D eigenvalue weighted by Crippen LogP contribution is -2.48. The van der Waals surface area contributed by atoms with Crippen LogP contribution < -0.4 is 9.62 Å². The van der Waals surface area contributed by atoms with Crippen LogP contribution in [0.5, 0.6) is 0 Å². The number of benzene rings is 3. The second kappa shape index (κ2) is 9.70. The molecule has 1 fully saturated rings. The van der Waals surface area contributed by atoms with Crippen LogP contribution in [0.2, 0.25) is 0 Å². The SMILES string of the molecule is CC(C)(C)c1ccc(C(=O)N2CCN(c3ccc(NS(=O)(=O)c4ccc(F)cc4)cc3)CC2)cc1. The molecule has 0 unspecified atom stereocenters. The molecule has 1 aliphatic rings. The number of anilines is 2. The van der Waals surface area contributed by atoms with E-state index in [4.69, 9.17) is 0 Å². The van der Waals surface area contributed by atoms with Gasteiger partial charge in [-0.15, -0.1) is 0 Å². The fourth-order valence-corrected chi connectivity index (χ4v) is 5.09. The second-order valence-corrected chi connectivity index (χ2v) is 11.4. The number of hydrogen-bond donors (Lipinski definition) is 1. The summed E-state index contributed by atoms with van der Waals surface area (Å²) in [6.07, 6.45) is 0. The summed E-state index contributed by atoms with van der Waals surface area (Å²) in [5.41, 5.74) is 3.32. The third kappa shape index (κ3) is 5.82. The van der Waals surface area contributed by atoms with Gasteiger partial charge in [0.1, 0.15) is 5.82 Å². The molecule has 0 atom stereocenters. The third-order valence-corrected chi connectivity index (χ3v) is 7.57. The number of nitrogens with zero attached hydrogens (tertiary/aromatic N) is 2. The van der Waals surface area contributed by atoms with Gasteiger partial charge in [0.05, 0.1) is 4.90 Å². The largest absolute Gasteiger partial charge is 0.368 e. The average Bonchev–Trinajstić information content (AvgIpc) is 2.84. The minimum absolute atomic E-state index is 0.00295. The van der Waals surface area contributed by atoms with E-state index in [0.717, 1.165) is 17.8 Å². The van der Waals surface area contributed by atoms with Crippen LogP contribution in [0.15, 0.2) is 77.7 Å². The first kappa shape index (κ1) is 24.7. The normalized spacial score (nSPS) is 14.6. The minimum atomic E-state index is -3.80. The first-order valence-electron chi connectivity index (χ1n) is 11.6. The molecule has 35 heavy (non-hydrogen) atoms. The predicted molar refractivity (Wildman–Crippen MR) is 137 cm³/mol. The maximum absolute atomic E-state index is 13.1. The summed E-state index contributed by atoms with van der Waals surface area (Å²) in [6, 6.07) is 19.6. The fraction of sp³-hybridized carbons (Fsp3) is 0.296. The monoisotopic (exact) mass is 495 g/mol. The van der Waals surface area contributed by atoms with Crippen LogP contribution in [0.3, 0.4) is 0 Å². The van der Waals surface area contributed by atoms with Crippen molar-refractivity contribution in [3.63, 3.8) is 0 Å². The smallest absolute Gasteiger partial charge is 0.261 e. The zero-order valence-corrected chi connectivity index (χ0v) is 21.0. The van der Waals surface area contributed by atoms with Crippen molar-refractivity contribution in [1.82, 2.24) is 4.90 Å². The van der Waals surface area contributed by atoms with Gasteiger partial charge in [-0.2, -0.15) is 0 Å². The Bertz CT molecular complexity index is 1280. The minimum Gasteiger partial charge on any atom is -0.368 e. The first-order chi connectivity index (χ1) is 16.5. The number of rotatable bonds is 5. The second-order valence-electron chi connectivity index (χ2n) is 9.71. The van der Waals surface area contributed by atoms with Gasteiger partial charge in [0.15, 0.2) is 0 Å². The van der Waals surface area contributed by atoms with Crippen LogP contribution >= 0.6 is 0 Å². The topological polar surface area (TPSA) is 69.7 Å². The van der Waals surface area contributed by atoms with Crippen molar-refractivity contribution in [2.75, 3.05) is 35.8 Å². The number of sulfonamides is 1. The number of halogens is 1. The van der Waals surface area contributed by atoms with Crippen molar-refractivity contribution in [1.29, 1.82) is 0 Å². The van der Waals surface area contributed by atoms with Crippen LogP contribution in [0.1, 0.15) is 36.7 Å². The summed E-state index contributed by atoms with van der Waals surface area (Å²) >= 11 is 0. The molecule has 6 nitrogen and oxygen atoms in total. The molecule has 8 heteroatoms. The Hall–Kier alpha value is -3.39. The average molecular weight is 496 g/mol. The van der Waals surface area contributed by atoms with Gasteiger partial charge in [-0.05, 0) is 71.6 Å². The highest BCUT2D eigenvalue weighted by Crippen LogP contribution is 2.24. The highest BCUT2D eigenvalue weighted by molar-refractivity contribution is 7.92. The van der Waals surface area contributed by atoms with E-state index < -0.39 is 15.8 Å². The van der Waals surface area contributed by atoms with E-state index in [1.54, 1.807) is 12.1 Å². The van der Waals surface area contributed by atoms with Gasteiger partial charge in [-0.1, -0.05) is 32.9 Å². The summed E-state index contributed by atoms with van der Waals surface area (Å²) in [7, 11) is -3.80. The lowest BCUT2D eigenvalue weighted by atomic mass is 9.86. The molecular weight excluding hydrogens is 465 g/mol. The maximum atomic E-state index is 13.1. The molecule has 1 amide bonds. The van der Waals surface area contributed by atoms with Crippen molar-refractivity contribution < 1.29 is 17.6 Å². The third-order valence-electron chi connectivity index (χ3n) is 6.17. The van der Waals surface area contributed by atoms with Crippen molar-refractivity contribution in [2.24, 2.45) is 0 Å². The van der Waals surface area contributed by atoms with E-state index in [9.17, 15) is 17.6 Å². The van der Waals surface area contributed by atoms with Crippen LogP contribution in [-0.4, -0.2) is 45.4 Å². The molecular formula is C27H30FN3O3S. The molecule has 0 saturated carbocycles. The molecule has 1 heterocycles. The summed E-state index contributed by atoms with van der Waals surface area (Å²) in [6.45, 7) is 9.04. The van der Waals surface area contributed by atoms with Crippen LogP contribution in [-0.2, 0) is 15.4 Å². The Morgan fingerprint density at radius 1 is 0.829 bits per heavy atom. The van der Waals surface area contributed by atoms with Crippen molar-refractivity contribution >= 4 is 27.3 Å². The maximum Gasteiger partial charge on any atom is 0.261 e. The summed E-state index contributed by atoms with van der Waals surface area (Å²) in [5, 5.41) is 0. The van der Waals surface area contributed by atoms with E-state index in [1.807, 2.05) is 41.3 Å². The van der Waals surface area contributed by atoms with E-state index in [0.29, 0.717) is 37.4 Å². The molecule has 184 valence electrons. The van der Waals surface area contributed by atoms with E-state index in [1.165, 1.54) is 17.7 Å². The Morgan fingerprint density at radius 3 is 1.94 bits per heavy atom. The molecule has 3 aromatic rings. The van der Waals surface area contributed by atoms with E-state index in [-0.39, 0.29) is 16.2 Å². The van der Waals surface area contributed by atoms with Crippen molar-refractivity contribution in [3.8, 4) is 0 Å². The molecule has 0 spiro atoms. The lowest BCUT2D eigenvalue weighted by molar-refractivity contribution is 0.0746. The first-order valence-corrected chi connectivity index (χ1v) is 13.0. The number of piperazine rings is 1. The number of nitrogens with one attached hydrogen (secondary N) is 1. The van der Waals surface area contributed by atoms with Gasteiger partial charge in [0.25, 0.3) is 15.9 Å². The molecule has 0 bridgehead atoms. The van der Waals surface area contributed by atoms with Gasteiger partial charge in [0, 0.05) is 43.1 Å². The number of carbonyl (C=O) groups is 1. The molecule has 1 saturated heterocycles. The van der Waals surface area contributed by atoms with Gasteiger partial charge in [-0.25, -0.2) is 12.8 Å². The summed E-state index contributed by atoms with van der Waals surface area (Å²) < 4.78 is 40.6. The summed E-state index contributed by atoms with van der Waals surface area (Å²) in [5.74, 6) is -0.454. The lowest BCUT2D eigenvalue weighted by Gasteiger charge is -2.36. The summed E-state index contributed by atoms with van der Waals surface area (Å²) in [4.78, 5) is 17.0. The highest BCUT2D eigenvalue weighted by atomic mass is 32.2. The zero-order valence-electron chi connectivity index (χ0n) is 20.2. The van der Waals surface area contributed by atoms with E-state index >= 15 is 0 Å². The van der Waals surface area contributed by atoms with Crippen LogP contribution in [0, 0.1) is 5.82 Å². The highest BCUT2D eigenvalue weighted by Gasteiger charge is 2.23. The van der Waals surface area contributed by atoms with Crippen molar-refractivity contribution in [2.45, 2.75) is 31.1 Å². The Morgan fingerprint density at radius 2 is 1.40 bits per heavy atom. The number of amides is 1. The standard InChI is InChI=1S/C27H30FN3O3S/c1-27(2,3)21-6-4-20(5-7-21)26(32)31-18-16-30(17-19-31)24-12-10-23(11-13-24)29-35(33,34)25-14-8-22(28)9-15-25/h4-15,29H,16-19H2,1-3H3. The zero-order chi connectivity index (χ0) is 25.2. The van der Waals surface area contributed by atoms with Crippen LogP contribution in [0.25, 0.3) is 0 Å². The van der Waals surface area contributed by atoms with Crippen LogP contribution in [0.4, 0.5) is 15.8 Å². The molecule has 0 radical (unpaired) electrons. The molecule has 1 N–H and O–H groups in total. The van der Waals surface area contributed by atoms with Gasteiger partial charge < -0.3 is 9.80 Å². The predicted octanol–water partition coefficient (Wildman–Crippen LogP) is 4.89. The Balaban J connectivity index is 1.35. The Kier molecular flexibility index (Phi) is 6.85. The van der Waals surface area contributed by atoms with Gasteiger partial charge in [0.2, 0.25) is 0 Å². The quantitative estimate of drug-likeness (QED) is 0.547. The molecule has 0 aromatic heterocycles. The number of carbonyl (C=O) groups excluding carboxylic acids is 1. The molecule has 1 aliphatic heterocycles. The van der Waals surface area contributed by atoms with E-state index in [2.05, 4.69) is 30.4 Å². The number of hydrogen-bond acceptors (Lipinski definition) is 4. The van der Waals surface area contributed by atoms with Gasteiger partial charge in [-0.3, -0.25) is 9.52 Å². The van der Waals surface area contributed by atoms with Crippen molar-refractivity contribution in [3.05, 3.63) is 89.7 Å². The van der Waals surface area contributed by atoms with Gasteiger partial charge >= 0.3 is 0 Å². The molecule has 4 rings (SSSR count). The molecule has 3 aromatic carbocycles. The fourth-order valence-electron chi connectivity index (χ4n) is 4.03. The Labute approximate surface area is 206 Å².